The Morgan fingerprint density at radius 3 is 2.82 bits per heavy atom. The van der Waals surface area contributed by atoms with Gasteiger partial charge in [0.1, 0.15) is 5.82 Å². The number of guanidine groups is 1. The summed E-state index contributed by atoms with van der Waals surface area (Å²) in [5.74, 6) is 0.321. The Labute approximate surface area is 101 Å². The predicted octanol–water partition coefficient (Wildman–Crippen LogP) is 2.21. The average molecular weight is 235 g/mol. The maximum Gasteiger partial charge on any atom is 0.192 e. The van der Waals surface area contributed by atoms with Gasteiger partial charge in [0.25, 0.3) is 0 Å². The van der Waals surface area contributed by atoms with Gasteiger partial charge < -0.3 is 10.6 Å². The van der Waals surface area contributed by atoms with Crippen molar-refractivity contribution in [1.29, 1.82) is 0 Å². The molecule has 2 rings (SSSR count). The molecule has 1 heterocycles. The maximum atomic E-state index is 13.9. The normalized spacial score (nSPS) is 19.9. The Morgan fingerprint density at radius 1 is 1.47 bits per heavy atom. The Morgan fingerprint density at radius 2 is 2.18 bits per heavy atom. The zero-order chi connectivity index (χ0) is 12.6. The molecule has 0 radical (unpaired) electrons. The van der Waals surface area contributed by atoms with Crippen LogP contribution in [0.2, 0.25) is 0 Å². The van der Waals surface area contributed by atoms with Gasteiger partial charge >= 0.3 is 0 Å². The summed E-state index contributed by atoms with van der Waals surface area (Å²) in [6.07, 6.45) is 0. The summed E-state index contributed by atoms with van der Waals surface area (Å²) in [7, 11) is 0. The fourth-order valence-electron chi connectivity index (χ4n) is 2.30. The molecule has 4 heteroatoms. The molecule has 1 unspecified atom stereocenters. The highest BCUT2D eigenvalue weighted by atomic mass is 19.1. The highest BCUT2D eigenvalue weighted by molar-refractivity contribution is 5.80. The second kappa shape index (κ2) is 4.35. The molecule has 0 saturated carbocycles. The number of aliphatic imine (C=N–C) groups is 1. The lowest BCUT2D eigenvalue weighted by Gasteiger charge is -2.30. The molecule has 0 fully saturated rings. The molecule has 0 bridgehead atoms. The van der Waals surface area contributed by atoms with E-state index >= 15 is 0 Å². The second-order valence-electron chi connectivity index (χ2n) is 4.74. The fourth-order valence-corrected chi connectivity index (χ4v) is 2.30. The van der Waals surface area contributed by atoms with E-state index in [1.165, 1.54) is 6.07 Å². The van der Waals surface area contributed by atoms with Crippen molar-refractivity contribution >= 4 is 5.96 Å². The van der Waals surface area contributed by atoms with Crippen LogP contribution in [0.5, 0.6) is 0 Å². The van der Waals surface area contributed by atoms with Crippen molar-refractivity contribution in [2.24, 2.45) is 10.7 Å². The van der Waals surface area contributed by atoms with E-state index in [0.29, 0.717) is 18.1 Å². The summed E-state index contributed by atoms with van der Waals surface area (Å²) in [5.41, 5.74) is 7.58. The van der Waals surface area contributed by atoms with Crippen LogP contribution in [0.1, 0.15) is 31.0 Å². The lowest BCUT2D eigenvalue weighted by atomic mass is 10.0. The minimum atomic E-state index is -0.184. The van der Waals surface area contributed by atoms with Gasteiger partial charge in [-0.05, 0) is 26.8 Å². The zero-order valence-electron chi connectivity index (χ0n) is 10.4. The highest BCUT2D eigenvalue weighted by Gasteiger charge is 2.31. The van der Waals surface area contributed by atoms with E-state index < -0.39 is 0 Å². The second-order valence-corrected chi connectivity index (χ2v) is 4.74. The molecule has 1 aliphatic heterocycles. The van der Waals surface area contributed by atoms with Crippen molar-refractivity contribution in [3.05, 3.63) is 35.1 Å². The fraction of sp³-hybridized carbons (Fsp3) is 0.462. The number of hydrogen-bond donors (Lipinski definition) is 1. The first-order valence-electron chi connectivity index (χ1n) is 5.85. The van der Waals surface area contributed by atoms with Crippen molar-refractivity contribution < 1.29 is 4.39 Å². The summed E-state index contributed by atoms with van der Waals surface area (Å²) < 4.78 is 13.9. The first-order chi connectivity index (χ1) is 8.00. The van der Waals surface area contributed by atoms with E-state index in [1.54, 1.807) is 6.07 Å². The third-order valence-corrected chi connectivity index (χ3v) is 3.09. The first kappa shape index (κ1) is 11.9. The van der Waals surface area contributed by atoms with Crippen LogP contribution >= 0.6 is 0 Å². The van der Waals surface area contributed by atoms with Crippen molar-refractivity contribution in [2.75, 3.05) is 6.54 Å². The zero-order valence-corrected chi connectivity index (χ0v) is 10.4. The smallest absolute Gasteiger partial charge is 0.192 e. The largest absolute Gasteiger partial charge is 0.370 e. The van der Waals surface area contributed by atoms with E-state index in [0.717, 1.165) is 5.56 Å². The molecule has 17 heavy (non-hydrogen) atoms. The molecule has 0 aliphatic carbocycles. The van der Waals surface area contributed by atoms with Crippen molar-refractivity contribution in [3.8, 4) is 0 Å². The minimum Gasteiger partial charge on any atom is -0.370 e. The Balaban J connectivity index is 2.37. The van der Waals surface area contributed by atoms with Gasteiger partial charge in [0.2, 0.25) is 0 Å². The van der Waals surface area contributed by atoms with Gasteiger partial charge in [0.15, 0.2) is 5.96 Å². The quantitative estimate of drug-likeness (QED) is 0.854. The maximum absolute atomic E-state index is 13.9. The Bertz CT molecular complexity index is 454. The van der Waals surface area contributed by atoms with E-state index in [9.17, 15) is 4.39 Å². The Kier molecular flexibility index (Phi) is 3.05. The molecular weight excluding hydrogens is 217 g/mol. The molecule has 1 aliphatic rings. The van der Waals surface area contributed by atoms with Crippen LogP contribution in [0.25, 0.3) is 0 Å². The van der Waals surface area contributed by atoms with Crippen molar-refractivity contribution in [1.82, 2.24) is 4.90 Å². The highest BCUT2D eigenvalue weighted by Crippen LogP contribution is 2.29. The van der Waals surface area contributed by atoms with E-state index in [-0.39, 0.29) is 17.9 Å². The number of benzene rings is 1. The van der Waals surface area contributed by atoms with Gasteiger partial charge in [-0.25, -0.2) is 4.39 Å². The lowest BCUT2D eigenvalue weighted by molar-refractivity contribution is 0.284. The summed E-state index contributed by atoms with van der Waals surface area (Å²) in [5, 5.41) is 0. The first-order valence-corrected chi connectivity index (χ1v) is 5.85. The molecule has 1 atom stereocenters. The van der Waals surface area contributed by atoms with Gasteiger partial charge in [-0.3, -0.25) is 4.99 Å². The van der Waals surface area contributed by atoms with Crippen molar-refractivity contribution in [2.45, 2.75) is 32.9 Å². The van der Waals surface area contributed by atoms with Crippen molar-refractivity contribution in [3.63, 3.8) is 0 Å². The van der Waals surface area contributed by atoms with Crippen LogP contribution in [0.4, 0.5) is 4.39 Å². The molecule has 0 spiro atoms. The van der Waals surface area contributed by atoms with Gasteiger partial charge in [-0.15, -0.1) is 0 Å². The van der Waals surface area contributed by atoms with Crippen LogP contribution < -0.4 is 5.73 Å². The van der Waals surface area contributed by atoms with E-state index in [4.69, 9.17) is 5.73 Å². The average Bonchev–Trinajstić information content (AvgIpc) is 2.64. The lowest BCUT2D eigenvalue weighted by Crippen LogP contribution is -2.41. The van der Waals surface area contributed by atoms with Crippen LogP contribution in [-0.4, -0.2) is 23.4 Å². The monoisotopic (exact) mass is 235 g/mol. The summed E-state index contributed by atoms with van der Waals surface area (Å²) in [4.78, 5) is 6.19. The molecule has 2 N–H and O–H groups in total. The van der Waals surface area contributed by atoms with Gasteiger partial charge in [-0.1, -0.05) is 17.7 Å². The molecule has 0 amide bonds. The molecule has 1 aromatic carbocycles. The topological polar surface area (TPSA) is 41.6 Å². The molecular formula is C13H18FN3. The number of nitrogens with two attached hydrogens (primary N) is 1. The van der Waals surface area contributed by atoms with E-state index in [2.05, 4.69) is 4.99 Å². The van der Waals surface area contributed by atoms with Crippen LogP contribution in [0, 0.1) is 12.7 Å². The van der Waals surface area contributed by atoms with Gasteiger partial charge in [0.05, 0.1) is 12.6 Å². The molecule has 3 nitrogen and oxygen atoms in total. The standard InChI is InChI=1S/C13H18FN3/c1-8(2)17-12(7-16-13(17)15)10-6-9(3)4-5-11(10)14/h4-6,8,12H,7H2,1-3H3,(H2,15,16). The Hall–Kier alpha value is -1.58. The SMILES string of the molecule is Cc1ccc(F)c(C2CN=C(N)N2C(C)C)c1. The third-order valence-electron chi connectivity index (χ3n) is 3.09. The van der Waals surface area contributed by atoms with Crippen LogP contribution in [0.15, 0.2) is 23.2 Å². The molecule has 0 aromatic heterocycles. The minimum absolute atomic E-state index is 0.0742. The summed E-state index contributed by atoms with van der Waals surface area (Å²) >= 11 is 0. The number of rotatable bonds is 2. The third kappa shape index (κ3) is 2.12. The van der Waals surface area contributed by atoms with Crippen LogP contribution in [-0.2, 0) is 0 Å². The number of hydrogen-bond acceptors (Lipinski definition) is 3. The summed E-state index contributed by atoms with van der Waals surface area (Å²) in [6.45, 7) is 6.56. The van der Waals surface area contributed by atoms with Gasteiger partial charge in [-0.2, -0.15) is 0 Å². The number of aryl methyl sites for hydroxylation is 1. The molecule has 1 aromatic rings. The summed E-state index contributed by atoms with van der Waals surface area (Å²) in [6, 6.07) is 5.31. The van der Waals surface area contributed by atoms with Gasteiger partial charge in [0, 0.05) is 11.6 Å². The van der Waals surface area contributed by atoms with Crippen LogP contribution in [0.3, 0.4) is 0 Å². The number of halogens is 1. The predicted molar refractivity (Wildman–Crippen MR) is 67.3 cm³/mol. The number of nitrogens with zero attached hydrogens (tertiary/aromatic N) is 2. The molecule has 92 valence electrons. The van der Waals surface area contributed by atoms with E-state index in [1.807, 2.05) is 31.7 Å². The molecule has 0 saturated heterocycles.